The molecule has 1 saturated carbocycles. The lowest BCUT2D eigenvalue weighted by atomic mass is 9.75. The Hall–Kier alpha value is -1.83. The van der Waals surface area contributed by atoms with E-state index in [4.69, 9.17) is 0 Å². The van der Waals surface area contributed by atoms with Gasteiger partial charge in [-0.25, -0.2) is 0 Å². The molecule has 0 atom stereocenters. The Bertz CT molecular complexity index is 571. The van der Waals surface area contributed by atoms with Crippen LogP contribution in [0.1, 0.15) is 35.4 Å². The quantitative estimate of drug-likeness (QED) is 0.891. The summed E-state index contributed by atoms with van der Waals surface area (Å²) >= 11 is 0. The fourth-order valence-electron chi connectivity index (χ4n) is 2.77. The van der Waals surface area contributed by atoms with Crippen molar-refractivity contribution in [2.75, 3.05) is 5.32 Å². The van der Waals surface area contributed by atoms with Crippen LogP contribution >= 0.6 is 0 Å². The molecule has 98 valence electrons. The van der Waals surface area contributed by atoms with Gasteiger partial charge < -0.3 is 5.32 Å². The van der Waals surface area contributed by atoms with Gasteiger partial charge >= 0.3 is 0 Å². The number of hydrogen-bond donors (Lipinski definition) is 1. The number of aryl methyl sites for hydroxylation is 2. The molecule has 0 saturated heterocycles. The second-order valence-electron chi connectivity index (χ2n) is 5.61. The van der Waals surface area contributed by atoms with Crippen molar-refractivity contribution in [2.24, 2.45) is 0 Å². The molecule has 1 fully saturated rings. The summed E-state index contributed by atoms with van der Waals surface area (Å²) < 4.78 is 0. The predicted octanol–water partition coefficient (Wildman–Crippen LogP) is 4.06. The van der Waals surface area contributed by atoms with Gasteiger partial charge in [-0.05, 0) is 49.8 Å². The van der Waals surface area contributed by atoms with Gasteiger partial charge in [0.1, 0.15) is 0 Å². The number of hydrogen-bond acceptors (Lipinski definition) is 2. The summed E-state index contributed by atoms with van der Waals surface area (Å²) in [5.41, 5.74) is 5.29. The van der Waals surface area contributed by atoms with Crippen LogP contribution in [0, 0.1) is 13.8 Å². The van der Waals surface area contributed by atoms with Gasteiger partial charge in [-0.3, -0.25) is 4.98 Å². The molecule has 0 amide bonds. The zero-order valence-corrected chi connectivity index (χ0v) is 11.6. The summed E-state index contributed by atoms with van der Waals surface area (Å²) in [7, 11) is 0. The third kappa shape index (κ3) is 2.62. The summed E-state index contributed by atoms with van der Waals surface area (Å²) in [6.45, 7) is 4.29. The smallest absolute Gasteiger partial charge is 0.0558 e. The normalized spacial score (nSPS) is 21.8. The molecular formula is C17H20N2. The highest BCUT2D eigenvalue weighted by Crippen LogP contribution is 2.38. The van der Waals surface area contributed by atoms with Crippen molar-refractivity contribution < 1.29 is 0 Å². The van der Waals surface area contributed by atoms with Gasteiger partial charge in [-0.1, -0.05) is 29.8 Å². The van der Waals surface area contributed by atoms with Crippen LogP contribution in [-0.2, 0) is 0 Å². The summed E-state index contributed by atoms with van der Waals surface area (Å²) in [5.74, 6) is 0.717. The summed E-state index contributed by atoms with van der Waals surface area (Å²) in [6.07, 6.45) is 6.21. The second kappa shape index (κ2) is 5.04. The first-order valence-corrected chi connectivity index (χ1v) is 6.96. The van der Waals surface area contributed by atoms with Crippen molar-refractivity contribution >= 4 is 5.69 Å². The highest BCUT2D eigenvalue weighted by atomic mass is 14.9. The maximum absolute atomic E-state index is 4.18. The molecule has 2 heteroatoms. The average Bonchev–Trinajstić information content (AvgIpc) is 2.35. The van der Waals surface area contributed by atoms with Crippen molar-refractivity contribution in [3.63, 3.8) is 0 Å². The van der Waals surface area contributed by atoms with Crippen LogP contribution < -0.4 is 5.32 Å². The van der Waals surface area contributed by atoms with Gasteiger partial charge in [0, 0.05) is 12.2 Å². The molecule has 1 aromatic carbocycles. The molecule has 1 heterocycles. The van der Waals surface area contributed by atoms with Crippen LogP contribution in [0.4, 0.5) is 5.69 Å². The zero-order chi connectivity index (χ0) is 13.2. The van der Waals surface area contributed by atoms with E-state index in [1.807, 2.05) is 12.4 Å². The molecule has 0 bridgehead atoms. The highest BCUT2D eigenvalue weighted by molar-refractivity contribution is 5.49. The van der Waals surface area contributed by atoms with E-state index in [1.54, 1.807) is 0 Å². The lowest BCUT2D eigenvalue weighted by Crippen LogP contribution is -2.34. The fraction of sp³-hybridized carbons (Fsp3) is 0.353. The number of benzene rings is 1. The molecule has 1 aliphatic rings. The molecule has 1 aliphatic carbocycles. The van der Waals surface area contributed by atoms with E-state index in [0.29, 0.717) is 6.04 Å². The monoisotopic (exact) mass is 252 g/mol. The Labute approximate surface area is 114 Å². The minimum absolute atomic E-state index is 0.591. The standard InChI is InChI=1S/C17H20N2/c1-12-4-3-5-14(8-12)15-9-16(10-15)19-17-11-18-7-6-13(17)2/h3-8,11,15-16,19H,9-10H2,1-2H3. The minimum Gasteiger partial charge on any atom is -0.381 e. The number of rotatable bonds is 3. The molecular weight excluding hydrogens is 232 g/mol. The van der Waals surface area contributed by atoms with E-state index in [2.05, 4.69) is 54.5 Å². The third-order valence-corrected chi connectivity index (χ3v) is 4.05. The van der Waals surface area contributed by atoms with Gasteiger partial charge in [0.15, 0.2) is 0 Å². The van der Waals surface area contributed by atoms with E-state index >= 15 is 0 Å². The average molecular weight is 252 g/mol. The molecule has 0 unspecified atom stereocenters. The minimum atomic E-state index is 0.591. The van der Waals surface area contributed by atoms with Crippen LogP contribution in [-0.4, -0.2) is 11.0 Å². The van der Waals surface area contributed by atoms with Gasteiger partial charge in [0.05, 0.1) is 11.9 Å². The van der Waals surface area contributed by atoms with Crippen LogP contribution in [0.5, 0.6) is 0 Å². The maximum atomic E-state index is 4.18. The maximum Gasteiger partial charge on any atom is 0.0558 e. The summed E-state index contributed by atoms with van der Waals surface area (Å²) in [4.78, 5) is 4.18. The van der Waals surface area contributed by atoms with Crippen molar-refractivity contribution in [2.45, 2.75) is 38.6 Å². The van der Waals surface area contributed by atoms with E-state index in [-0.39, 0.29) is 0 Å². The van der Waals surface area contributed by atoms with Crippen LogP contribution in [0.15, 0.2) is 42.7 Å². The first kappa shape index (κ1) is 12.2. The molecule has 1 aromatic heterocycles. The molecule has 2 aromatic rings. The number of nitrogens with one attached hydrogen (secondary N) is 1. The van der Waals surface area contributed by atoms with Crippen molar-refractivity contribution in [1.82, 2.24) is 4.98 Å². The molecule has 0 aliphatic heterocycles. The van der Waals surface area contributed by atoms with Gasteiger partial charge in [0.2, 0.25) is 0 Å². The van der Waals surface area contributed by atoms with Gasteiger partial charge in [-0.15, -0.1) is 0 Å². The molecule has 1 N–H and O–H groups in total. The number of aromatic nitrogens is 1. The lowest BCUT2D eigenvalue weighted by Gasteiger charge is -2.37. The summed E-state index contributed by atoms with van der Waals surface area (Å²) in [6, 6.07) is 11.5. The van der Waals surface area contributed by atoms with Crippen LogP contribution in [0.3, 0.4) is 0 Å². The van der Waals surface area contributed by atoms with Crippen molar-refractivity contribution in [3.8, 4) is 0 Å². The zero-order valence-electron chi connectivity index (χ0n) is 11.6. The largest absolute Gasteiger partial charge is 0.381 e. The van der Waals surface area contributed by atoms with E-state index in [0.717, 1.165) is 5.92 Å². The fourth-order valence-corrected chi connectivity index (χ4v) is 2.77. The summed E-state index contributed by atoms with van der Waals surface area (Å²) in [5, 5.41) is 3.60. The van der Waals surface area contributed by atoms with Gasteiger partial charge in [0.25, 0.3) is 0 Å². The first-order chi connectivity index (χ1) is 9.22. The molecule has 3 rings (SSSR count). The van der Waals surface area contributed by atoms with Crippen LogP contribution in [0.25, 0.3) is 0 Å². The molecule has 0 radical (unpaired) electrons. The Balaban J connectivity index is 1.60. The predicted molar refractivity (Wildman–Crippen MR) is 79.5 cm³/mol. The van der Waals surface area contributed by atoms with Gasteiger partial charge in [-0.2, -0.15) is 0 Å². The highest BCUT2D eigenvalue weighted by Gasteiger charge is 2.30. The Morgan fingerprint density at radius 2 is 2.00 bits per heavy atom. The second-order valence-corrected chi connectivity index (χ2v) is 5.61. The molecule has 2 nitrogen and oxygen atoms in total. The van der Waals surface area contributed by atoms with Crippen molar-refractivity contribution in [3.05, 3.63) is 59.4 Å². The number of nitrogens with zero attached hydrogens (tertiary/aromatic N) is 1. The SMILES string of the molecule is Cc1cccc(C2CC(Nc3cnccc3C)C2)c1. The first-order valence-electron chi connectivity index (χ1n) is 6.96. The Kier molecular flexibility index (Phi) is 3.24. The van der Waals surface area contributed by atoms with E-state index in [1.165, 1.54) is 35.2 Å². The van der Waals surface area contributed by atoms with Crippen LogP contribution in [0.2, 0.25) is 0 Å². The molecule has 0 spiro atoms. The van der Waals surface area contributed by atoms with E-state index < -0.39 is 0 Å². The Morgan fingerprint density at radius 3 is 2.74 bits per heavy atom. The topological polar surface area (TPSA) is 24.9 Å². The van der Waals surface area contributed by atoms with E-state index in [9.17, 15) is 0 Å². The number of anilines is 1. The lowest BCUT2D eigenvalue weighted by molar-refractivity contribution is 0.374. The molecule has 19 heavy (non-hydrogen) atoms. The Morgan fingerprint density at radius 1 is 1.16 bits per heavy atom. The third-order valence-electron chi connectivity index (χ3n) is 4.05. The number of pyridine rings is 1. The van der Waals surface area contributed by atoms with Crippen molar-refractivity contribution in [1.29, 1.82) is 0 Å².